The van der Waals surface area contributed by atoms with E-state index in [1.807, 2.05) is 0 Å². The van der Waals surface area contributed by atoms with Crippen LogP contribution in [0.2, 0.25) is 0 Å². The van der Waals surface area contributed by atoms with Crippen molar-refractivity contribution in [3.63, 3.8) is 0 Å². The second-order valence-electron chi connectivity index (χ2n) is 4.50. The number of alkyl halides is 3. The van der Waals surface area contributed by atoms with Gasteiger partial charge in [0.15, 0.2) is 0 Å². The molecule has 0 aromatic carbocycles. The Morgan fingerprint density at radius 1 is 1.25 bits per heavy atom. The number of rotatable bonds is 2. The highest BCUT2D eigenvalue weighted by molar-refractivity contribution is 5.81. The van der Waals surface area contributed by atoms with Crippen LogP contribution in [-0.2, 0) is 4.79 Å². The molecule has 0 aromatic heterocycles. The Morgan fingerprint density at radius 2 is 1.75 bits per heavy atom. The van der Waals surface area contributed by atoms with E-state index in [2.05, 4.69) is 6.92 Å². The van der Waals surface area contributed by atoms with E-state index in [-0.39, 0.29) is 6.04 Å². The van der Waals surface area contributed by atoms with Crippen LogP contribution < -0.4 is 0 Å². The molecular weight excluding hydrogens is 219 g/mol. The largest absolute Gasteiger partial charge is 0.471 e. The molecule has 94 valence electrons. The number of amides is 1. The fourth-order valence-corrected chi connectivity index (χ4v) is 2.31. The first-order chi connectivity index (χ1) is 7.36. The van der Waals surface area contributed by atoms with Crippen molar-refractivity contribution < 1.29 is 18.0 Å². The first kappa shape index (κ1) is 13.3. The van der Waals surface area contributed by atoms with Gasteiger partial charge in [0.1, 0.15) is 0 Å². The Hall–Kier alpha value is -0.740. The molecule has 0 spiro atoms. The third kappa shape index (κ3) is 3.12. The lowest BCUT2D eigenvalue weighted by Crippen LogP contribution is -2.45. The van der Waals surface area contributed by atoms with Crippen LogP contribution in [0.4, 0.5) is 13.2 Å². The monoisotopic (exact) mass is 237 g/mol. The van der Waals surface area contributed by atoms with Gasteiger partial charge in [-0.3, -0.25) is 4.79 Å². The molecule has 5 heteroatoms. The van der Waals surface area contributed by atoms with Crippen LogP contribution in [0, 0.1) is 5.92 Å². The zero-order valence-corrected chi connectivity index (χ0v) is 9.68. The average Bonchev–Trinajstić information content (AvgIpc) is 2.26. The zero-order chi connectivity index (χ0) is 12.3. The van der Waals surface area contributed by atoms with Crippen molar-refractivity contribution in [2.24, 2.45) is 5.92 Å². The van der Waals surface area contributed by atoms with E-state index in [1.54, 1.807) is 0 Å². The summed E-state index contributed by atoms with van der Waals surface area (Å²) in [5, 5.41) is 0. The molecule has 2 nitrogen and oxygen atoms in total. The smallest absolute Gasteiger partial charge is 0.335 e. The Bertz CT molecular complexity index is 244. The summed E-state index contributed by atoms with van der Waals surface area (Å²) in [4.78, 5) is 11.9. The van der Waals surface area contributed by atoms with Gasteiger partial charge < -0.3 is 4.90 Å². The van der Waals surface area contributed by atoms with Gasteiger partial charge in [-0.1, -0.05) is 13.3 Å². The lowest BCUT2D eigenvalue weighted by atomic mass is 9.84. The molecule has 0 bridgehead atoms. The third-order valence-corrected chi connectivity index (χ3v) is 3.50. The lowest BCUT2D eigenvalue weighted by molar-refractivity contribution is -0.186. The summed E-state index contributed by atoms with van der Waals surface area (Å²) in [5.74, 6) is -1.10. The van der Waals surface area contributed by atoms with Crippen molar-refractivity contribution in [3.8, 4) is 0 Å². The summed E-state index contributed by atoms with van der Waals surface area (Å²) in [6.07, 6.45) is -0.430. The summed E-state index contributed by atoms with van der Waals surface area (Å²) >= 11 is 0. The molecule has 0 radical (unpaired) electrons. The molecule has 0 atom stereocenters. The number of hydrogen-bond donors (Lipinski definition) is 0. The number of halogens is 3. The Kier molecular flexibility index (Phi) is 4.21. The fourth-order valence-electron chi connectivity index (χ4n) is 2.31. The second kappa shape index (κ2) is 5.06. The summed E-state index contributed by atoms with van der Waals surface area (Å²) in [6.45, 7) is 2.09. The van der Waals surface area contributed by atoms with E-state index in [0.29, 0.717) is 18.8 Å². The van der Waals surface area contributed by atoms with Crippen LogP contribution in [0.15, 0.2) is 0 Å². The van der Waals surface area contributed by atoms with Crippen molar-refractivity contribution >= 4 is 5.91 Å². The molecule has 0 unspecified atom stereocenters. The van der Waals surface area contributed by atoms with Gasteiger partial charge >= 0.3 is 12.1 Å². The van der Waals surface area contributed by atoms with Crippen molar-refractivity contribution in [1.29, 1.82) is 0 Å². The minimum Gasteiger partial charge on any atom is -0.335 e. The molecule has 0 N–H and O–H groups in total. The summed E-state index contributed by atoms with van der Waals surface area (Å²) in [7, 11) is 1.26. The van der Waals surface area contributed by atoms with Gasteiger partial charge in [-0.2, -0.15) is 13.2 Å². The Balaban J connectivity index is 2.50. The molecule has 1 amide bonds. The predicted octanol–water partition coefficient (Wildman–Crippen LogP) is 2.98. The molecule has 0 heterocycles. The third-order valence-electron chi connectivity index (χ3n) is 3.50. The van der Waals surface area contributed by atoms with E-state index < -0.39 is 12.1 Å². The maximum Gasteiger partial charge on any atom is 0.471 e. The highest BCUT2D eigenvalue weighted by Crippen LogP contribution is 2.30. The van der Waals surface area contributed by atoms with Crippen LogP contribution >= 0.6 is 0 Å². The van der Waals surface area contributed by atoms with Crippen LogP contribution in [-0.4, -0.2) is 30.1 Å². The van der Waals surface area contributed by atoms with Crippen LogP contribution in [0.5, 0.6) is 0 Å². The van der Waals surface area contributed by atoms with Gasteiger partial charge in [0.2, 0.25) is 0 Å². The molecule has 16 heavy (non-hydrogen) atoms. The number of carbonyl (C=O) groups excluding carboxylic acids is 1. The highest BCUT2D eigenvalue weighted by Gasteiger charge is 2.43. The van der Waals surface area contributed by atoms with Crippen molar-refractivity contribution in [2.45, 2.75) is 51.2 Å². The first-order valence-corrected chi connectivity index (χ1v) is 5.70. The van der Waals surface area contributed by atoms with Gasteiger partial charge in [0.05, 0.1) is 0 Å². The van der Waals surface area contributed by atoms with E-state index >= 15 is 0 Å². The predicted molar refractivity (Wildman–Crippen MR) is 54.9 cm³/mol. The van der Waals surface area contributed by atoms with Gasteiger partial charge in [-0.15, -0.1) is 0 Å². The highest BCUT2D eigenvalue weighted by atomic mass is 19.4. The van der Waals surface area contributed by atoms with Crippen LogP contribution in [0.1, 0.15) is 39.0 Å². The van der Waals surface area contributed by atoms with Gasteiger partial charge in [0, 0.05) is 13.1 Å². The number of nitrogens with zero attached hydrogens (tertiary/aromatic N) is 1. The quantitative estimate of drug-likeness (QED) is 0.723. The minimum atomic E-state index is -4.74. The Morgan fingerprint density at radius 3 is 2.12 bits per heavy atom. The van der Waals surface area contributed by atoms with Crippen molar-refractivity contribution in [2.75, 3.05) is 7.05 Å². The molecule has 0 aromatic rings. The molecule has 1 fully saturated rings. The molecule has 0 aliphatic heterocycles. The Labute approximate surface area is 93.8 Å². The number of hydrogen-bond acceptors (Lipinski definition) is 1. The minimum absolute atomic E-state index is 0.239. The fraction of sp³-hybridized carbons (Fsp3) is 0.909. The van der Waals surface area contributed by atoms with Crippen LogP contribution in [0.25, 0.3) is 0 Å². The second-order valence-corrected chi connectivity index (χ2v) is 4.50. The lowest BCUT2D eigenvalue weighted by Gasteiger charge is -2.34. The average molecular weight is 237 g/mol. The summed E-state index contributed by atoms with van der Waals surface area (Å²) in [6, 6.07) is -0.239. The van der Waals surface area contributed by atoms with E-state index in [1.165, 1.54) is 7.05 Å². The van der Waals surface area contributed by atoms with E-state index in [9.17, 15) is 18.0 Å². The van der Waals surface area contributed by atoms with Crippen molar-refractivity contribution in [3.05, 3.63) is 0 Å². The summed E-state index contributed by atoms with van der Waals surface area (Å²) in [5.41, 5.74) is 0. The normalized spacial score (nSPS) is 26.6. The number of carbonyl (C=O) groups is 1. The van der Waals surface area contributed by atoms with E-state index in [0.717, 1.165) is 24.2 Å². The molecule has 1 saturated carbocycles. The summed E-state index contributed by atoms with van der Waals surface area (Å²) < 4.78 is 36.6. The van der Waals surface area contributed by atoms with Gasteiger partial charge in [-0.25, -0.2) is 0 Å². The molecular formula is C11H18F3NO. The van der Waals surface area contributed by atoms with Gasteiger partial charge in [0.25, 0.3) is 0 Å². The molecule has 1 rings (SSSR count). The molecule has 1 aliphatic carbocycles. The zero-order valence-electron chi connectivity index (χ0n) is 9.68. The topological polar surface area (TPSA) is 20.3 Å². The molecule has 1 aliphatic rings. The van der Waals surface area contributed by atoms with Gasteiger partial charge in [-0.05, 0) is 31.6 Å². The standard InChI is InChI=1S/C11H18F3NO/c1-3-8-4-6-9(7-5-8)15(2)10(16)11(12,13)14/h8-9H,3-7H2,1-2H3. The maximum absolute atomic E-state index is 12.2. The molecule has 0 saturated heterocycles. The SMILES string of the molecule is CCC1CCC(N(C)C(=O)C(F)(F)F)CC1. The van der Waals surface area contributed by atoms with E-state index in [4.69, 9.17) is 0 Å². The van der Waals surface area contributed by atoms with Crippen molar-refractivity contribution in [1.82, 2.24) is 4.90 Å². The maximum atomic E-state index is 12.2. The van der Waals surface area contributed by atoms with Crippen LogP contribution in [0.3, 0.4) is 0 Å². The first-order valence-electron chi connectivity index (χ1n) is 5.70.